The van der Waals surface area contributed by atoms with Crippen LogP contribution in [0.15, 0.2) is 24.5 Å². The van der Waals surface area contributed by atoms with Crippen molar-refractivity contribution < 1.29 is 6.16 Å². The quantitative estimate of drug-likeness (QED) is 0.788. The molecule has 1 saturated heterocycles. The third-order valence-corrected chi connectivity index (χ3v) is 5.04. The highest BCUT2D eigenvalue weighted by molar-refractivity contribution is 6.09. The molecule has 1 atom stereocenters. The van der Waals surface area contributed by atoms with Crippen molar-refractivity contribution in [1.29, 1.82) is 5.26 Å². The van der Waals surface area contributed by atoms with Crippen LogP contribution in [0.1, 0.15) is 33.3 Å². The van der Waals surface area contributed by atoms with Crippen LogP contribution in [0.3, 0.4) is 0 Å². The number of aromatic nitrogens is 3. The van der Waals surface area contributed by atoms with Crippen LogP contribution in [-0.4, -0.2) is 45.6 Å². The predicted octanol–water partition coefficient (Wildman–Crippen LogP) is 3.48. The molecule has 1 N–H and O–H groups in total. The van der Waals surface area contributed by atoms with E-state index in [0.29, 0.717) is 18.3 Å². The average Bonchev–Trinajstić information content (AvgIpc) is 3.04. The lowest BCUT2D eigenvalue weighted by Gasteiger charge is -2.34. The lowest BCUT2D eigenvalue weighted by molar-refractivity contribution is 0.106. The molecule has 0 spiro atoms. The molecule has 0 radical (unpaired) electrons. The topological polar surface area (TPSA) is 77.8 Å². The van der Waals surface area contributed by atoms with Gasteiger partial charge in [0.1, 0.15) is 29.8 Å². The van der Waals surface area contributed by atoms with Crippen LogP contribution in [0, 0.1) is 11.3 Å². The van der Waals surface area contributed by atoms with Gasteiger partial charge in [-0.05, 0) is 38.1 Å². The summed E-state index contributed by atoms with van der Waals surface area (Å²) in [4.78, 5) is 14.3. The first-order valence-corrected chi connectivity index (χ1v) is 8.83. The van der Waals surface area contributed by atoms with E-state index >= 15 is 0 Å². The van der Waals surface area contributed by atoms with E-state index in [1.807, 2.05) is 6.07 Å². The average molecular weight is 337 g/mol. The second kappa shape index (κ2) is 6.69. The molecule has 1 aliphatic heterocycles. The number of ether oxygens (including phenoxy) is 1. The summed E-state index contributed by atoms with van der Waals surface area (Å²) in [6.07, 6.45) is 7.15. The number of nitriles is 1. The Morgan fingerprint density at radius 1 is 1.44 bits per heavy atom. The third kappa shape index (κ3) is 2.92. The van der Waals surface area contributed by atoms with Gasteiger partial charge >= 0.3 is 0 Å². The van der Waals surface area contributed by atoms with Crippen LogP contribution in [0.25, 0.3) is 21.9 Å². The molecular formula is C19H23N5O. The first kappa shape index (κ1) is 15.9. The molecule has 25 heavy (non-hydrogen) atoms. The SMILES string of the molecule is CCN1CCCCC1COc1ccnc2[nH]c3cnc(C#N)cc3c12.[HH]. The highest BCUT2D eigenvalue weighted by Gasteiger charge is 2.22. The fraction of sp³-hybridized carbons (Fsp3) is 0.421. The van der Waals surface area contributed by atoms with Gasteiger partial charge in [0.2, 0.25) is 0 Å². The molecule has 1 unspecified atom stereocenters. The summed E-state index contributed by atoms with van der Waals surface area (Å²) in [6, 6.07) is 6.26. The number of pyridine rings is 2. The van der Waals surface area contributed by atoms with Crippen molar-refractivity contribution >= 4 is 21.9 Å². The summed E-state index contributed by atoms with van der Waals surface area (Å²) in [5, 5.41) is 11.0. The molecule has 0 saturated carbocycles. The minimum Gasteiger partial charge on any atom is -0.491 e. The number of likely N-dealkylation sites (tertiary alicyclic amines) is 1. The molecule has 6 heteroatoms. The number of fused-ring (bicyclic) bond motifs is 3. The Bertz CT molecular complexity index is 948. The van der Waals surface area contributed by atoms with Crippen LogP contribution in [0.4, 0.5) is 0 Å². The third-order valence-electron chi connectivity index (χ3n) is 5.04. The van der Waals surface area contributed by atoms with Gasteiger partial charge in [-0.2, -0.15) is 5.26 Å². The largest absolute Gasteiger partial charge is 0.491 e. The summed E-state index contributed by atoms with van der Waals surface area (Å²) < 4.78 is 6.23. The first-order chi connectivity index (χ1) is 12.3. The van der Waals surface area contributed by atoms with E-state index in [-0.39, 0.29) is 1.43 Å². The van der Waals surface area contributed by atoms with Crippen molar-refractivity contribution in [2.24, 2.45) is 0 Å². The minimum atomic E-state index is 0. The number of H-pyrrole nitrogens is 1. The van der Waals surface area contributed by atoms with E-state index in [4.69, 9.17) is 10.00 Å². The molecule has 0 aliphatic carbocycles. The van der Waals surface area contributed by atoms with Gasteiger partial charge in [0.25, 0.3) is 0 Å². The highest BCUT2D eigenvalue weighted by Crippen LogP contribution is 2.32. The van der Waals surface area contributed by atoms with Gasteiger partial charge in [-0.15, -0.1) is 0 Å². The van der Waals surface area contributed by atoms with E-state index in [0.717, 1.165) is 40.8 Å². The number of hydrogen-bond donors (Lipinski definition) is 1. The van der Waals surface area contributed by atoms with Crippen LogP contribution >= 0.6 is 0 Å². The van der Waals surface area contributed by atoms with Crippen molar-refractivity contribution in [3.05, 3.63) is 30.2 Å². The van der Waals surface area contributed by atoms with Gasteiger partial charge in [0, 0.05) is 19.1 Å². The summed E-state index contributed by atoms with van der Waals surface area (Å²) in [5.74, 6) is 0.813. The molecule has 3 aromatic heterocycles. The van der Waals surface area contributed by atoms with Gasteiger partial charge in [0.05, 0.1) is 17.1 Å². The molecule has 0 amide bonds. The predicted molar refractivity (Wildman–Crippen MR) is 98.6 cm³/mol. The zero-order valence-corrected chi connectivity index (χ0v) is 14.3. The van der Waals surface area contributed by atoms with Crippen molar-refractivity contribution in [2.75, 3.05) is 19.7 Å². The number of aromatic amines is 1. The monoisotopic (exact) mass is 337 g/mol. The molecule has 3 aromatic rings. The Morgan fingerprint density at radius 3 is 3.20 bits per heavy atom. The Hall–Kier alpha value is -2.65. The Kier molecular flexibility index (Phi) is 4.24. The molecular weight excluding hydrogens is 314 g/mol. The maximum Gasteiger partial charge on any atom is 0.142 e. The van der Waals surface area contributed by atoms with E-state index in [2.05, 4.69) is 32.8 Å². The fourth-order valence-corrected chi connectivity index (χ4v) is 3.72. The first-order valence-electron chi connectivity index (χ1n) is 8.83. The number of rotatable bonds is 4. The molecule has 1 fully saturated rings. The van der Waals surface area contributed by atoms with Crippen LogP contribution < -0.4 is 4.74 Å². The van der Waals surface area contributed by atoms with Gasteiger partial charge in [0.15, 0.2) is 0 Å². The normalized spacial score (nSPS) is 18.5. The Morgan fingerprint density at radius 2 is 2.36 bits per heavy atom. The van der Waals surface area contributed by atoms with Crippen LogP contribution in [0.5, 0.6) is 5.75 Å². The molecule has 0 aromatic carbocycles. The molecule has 6 nitrogen and oxygen atoms in total. The van der Waals surface area contributed by atoms with Gasteiger partial charge in [-0.3, -0.25) is 4.90 Å². The van der Waals surface area contributed by atoms with Crippen molar-refractivity contribution in [3.63, 3.8) is 0 Å². The molecule has 130 valence electrons. The number of nitrogens with one attached hydrogen (secondary N) is 1. The maximum absolute atomic E-state index is 9.13. The van der Waals surface area contributed by atoms with Crippen molar-refractivity contribution in [3.8, 4) is 11.8 Å². The number of hydrogen-bond acceptors (Lipinski definition) is 5. The van der Waals surface area contributed by atoms with E-state index in [9.17, 15) is 0 Å². The fourth-order valence-electron chi connectivity index (χ4n) is 3.72. The summed E-state index contributed by atoms with van der Waals surface area (Å²) in [6.45, 7) is 5.10. The summed E-state index contributed by atoms with van der Waals surface area (Å²) >= 11 is 0. The highest BCUT2D eigenvalue weighted by atomic mass is 16.5. The van der Waals surface area contributed by atoms with E-state index in [1.54, 1.807) is 18.5 Å². The van der Waals surface area contributed by atoms with Crippen molar-refractivity contribution in [2.45, 2.75) is 32.2 Å². The lowest BCUT2D eigenvalue weighted by Crippen LogP contribution is -2.42. The second-order valence-corrected chi connectivity index (χ2v) is 6.47. The van der Waals surface area contributed by atoms with Gasteiger partial charge in [-0.1, -0.05) is 13.3 Å². The zero-order valence-electron chi connectivity index (χ0n) is 14.3. The van der Waals surface area contributed by atoms with E-state index < -0.39 is 0 Å². The van der Waals surface area contributed by atoms with E-state index in [1.165, 1.54) is 19.3 Å². The number of likely N-dealkylation sites (N-methyl/N-ethyl adjacent to an activating group) is 1. The molecule has 1 aliphatic rings. The summed E-state index contributed by atoms with van der Waals surface area (Å²) in [7, 11) is 0. The second-order valence-electron chi connectivity index (χ2n) is 6.47. The van der Waals surface area contributed by atoms with Crippen LogP contribution in [0.2, 0.25) is 0 Å². The molecule has 0 bridgehead atoms. The molecule has 4 heterocycles. The minimum absolute atomic E-state index is 0. The maximum atomic E-state index is 9.13. The summed E-state index contributed by atoms with van der Waals surface area (Å²) in [5.41, 5.74) is 2.03. The number of nitrogens with zero attached hydrogens (tertiary/aromatic N) is 4. The zero-order chi connectivity index (χ0) is 17.2. The van der Waals surface area contributed by atoms with Crippen LogP contribution in [-0.2, 0) is 0 Å². The number of piperidine rings is 1. The van der Waals surface area contributed by atoms with Gasteiger partial charge in [-0.25, -0.2) is 9.97 Å². The Balaban J connectivity index is 0.00000196. The molecule has 4 rings (SSSR count). The smallest absolute Gasteiger partial charge is 0.142 e. The lowest BCUT2D eigenvalue weighted by atomic mass is 10.0. The Labute approximate surface area is 147 Å². The van der Waals surface area contributed by atoms with Crippen molar-refractivity contribution in [1.82, 2.24) is 19.9 Å². The van der Waals surface area contributed by atoms with Gasteiger partial charge < -0.3 is 9.72 Å². The standard InChI is InChI=1S/C19H21N5O.H2/c1-2-24-8-4-3-5-14(24)12-25-17-6-7-21-19-18(17)15-9-13(10-20)22-11-16(15)23-19;/h6-7,9,11,14H,2-5,8,12H2,1H3,(H,21,23);1H.